The fraction of sp³-hybridized carbons (Fsp3) is 0.0500. The lowest BCUT2D eigenvalue weighted by molar-refractivity contribution is 0.0939. The van der Waals surface area contributed by atoms with Crippen LogP contribution in [0.15, 0.2) is 78.9 Å². The standard InChI is InChI=1S/C20H15ClFNO/c21-16-11-12-18(22)17(13-16)20(24)23-19(14-7-3-1-4-8-14)15-9-5-2-6-10-15/h1-13,19H,(H,23,24). The second-order valence-corrected chi connectivity index (χ2v) is 5.79. The Balaban J connectivity index is 1.95. The molecule has 1 N–H and O–H groups in total. The van der Waals surface area contributed by atoms with Crippen molar-refractivity contribution in [2.45, 2.75) is 6.04 Å². The van der Waals surface area contributed by atoms with Gasteiger partial charge in [-0.2, -0.15) is 0 Å². The van der Waals surface area contributed by atoms with Gasteiger partial charge in [-0.05, 0) is 29.3 Å². The van der Waals surface area contributed by atoms with Crippen LogP contribution < -0.4 is 5.32 Å². The predicted molar refractivity (Wildman–Crippen MR) is 93.6 cm³/mol. The van der Waals surface area contributed by atoms with Crippen LogP contribution in [0.2, 0.25) is 5.02 Å². The summed E-state index contributed by atoms with van der Waals surface area (Å²) in [7, 11) is 0. The molecule has 0 fully saturated rings. The van der Waals surface area contributed by atoms with E-state index < -0.39 is 11.7 Å². The smallest absolute Gasteiger partial charge is 0.255 e. The van der Waals surface area contributed by atoms with Crippen molar-refractivity contribution in [1.29, 1.82) is 0 Å². The summed E-state index contributed by atoms with van der Waals surface area (Å²) in [5.74, 6) is -1.11. The van der Waals surface area contributed by atoms with Crippen LogP contribution >= 0.6 is 11.6 Å². The highest BCUT2D eigenvalue weighted by Gasteiger charge is 2.19. The number of carbonyl (C=O) groups is 1. The maximum atomic E-state index is 14.0. The Kier molecular flexibility index (Phi) is 4.92. The van der Waals surface area contributed by atoms with E-state index in [1.807, 2.05) is 60.7 Å². The second-order valence-electron chi connectivity index (χ2n) is 5.35. The van der Waals surface area contributed by atoms with Gasteiger partial charge in [-0.3, -0.25) is 4.79 Å². The van der Waals surface area contributed by atoms with Gasteiger partial charge < -0.3 is 5.32 Å². The van der Waals surface area contributed by atoms with Crippen molar-refractivity contribution in [2.75, 3.05) is 0 Å². The van der Waals surface area contributed by atoms with Crippen LogP contribution in [0, 0.1) is 5.82 Å². The number of hydrogen-bond donors (Lipinski definition) is 1. The van der Waals surface area contributed by atoms with Crippen molar-refractivity contribution >= 4 is 17.5 Å². The molecule has 3 rings (SSSR count). The zero-order valence-electron chi connectivity index (χ0n) is 12.7. The van der Waals surface area contributed by atoms with E-state index in [-0.39, 0.29) is 11.6 Å². The Labute approximate surface area is 144 Å². The minimum absolute atomic E-state index is 0.0700. The quantitative estimate of drug-likeness (QED) is 0.712. The molecule has 0 aliphatic heterocycles. The highest BCUT2D eigenvalue weighted by molar-refractivity contribution is 6.31. The Morgan fingerprint density at radius 3 is 1.96 bits per heavy atom. The first-order valence-corrected chi connectivity index (χ1v) is 7.89. The molecule has 3 aromatic rings. The van der Waals surface area contributed by atoms with E-state index in [0.717, 1.165) is 11.1 Å². The summed E-state index contributed by atoms with van der Waals surface area (Å²) in [6.07, 6.45) is 0. The van der Waals surface area contributed by atoms with Gasteiger partial charge in [0.25, 0.3) is 5.91 Å². The van der Waals surface area contributed by atoms with Gasteiger partial charge in [-0.25, -0.2) is 4.39 Å². The molecule has 0 aromatic heterocycles. The Morgan fingerprint density at radius 2 is 1.42 bits per heavy atom. The van der Waals surface area contributed by atoms with Crippen molar-refractivity contribution in [2.24, 2.45) is 0 Å². The number of rotatable bonds is 4. The topological polar surface area (TPSA) is 29.1 Å². The van der Waals surface area contributed by atoms with Gasteiger partial charge in [0, 0.05) is 5.02 Å². The van der Waals surface area contributed by atoms with E-state index in [4.69, 9.17) is 11.6 Å². The monoisotopic (exact) mass is 339 g/mol. The third-order valence-corrected chi connectivity index (χ3v) is 3.95. The molecule has 24 heavy (non-hydrogen) atoms. The average Bonchev–Trinajstić information content (AvgIpc) is 2.63. The zero-order chi connectivity index (χ0) is 16.9. The van der Waals surface area contributed by atoms with Crippen LogP contribution in [0.25, 0.3) is 0 Å². The molecule has 0 heterocycles. The maximum absolute atomic E-state index is 14.0. The molecule has 0 aliphatic carbocycles. The van der Waals surface area contributed by atoms with E-state index in [9.17, 15) is 9.18 Å². The van der Waals surface area contributed by atoms with Crippen LogP contribution in [0.5, 0.6) is 0 Å². The van der Waals surface area contributed by atoms with Crippen molar-refractivity contribution in [3.63, 3.8) is 0 Å². The summed E-state index contributed by atoms with van der Waals surface area (Å²) in [6.45, 7) is 0. The molecule has 0 saturated heterocycles. The van der Waals surface area contributed by atoms with Crippen LogP contribution in [0.3, 0.4) is 0 Å². The first-order chi connectivity index (χ1) is 11.6. The third kappa shape index (κ3) is 3.63. The molecule has 0 unspecified atom stereocenters. The molecule has 1 amide bonds. The Hall–Kier alpha value is -2.65. The first kappa shape index (κ1) is 16.2. The van der Waals surface area contributed by atoms with Gasteiger partial charge in [0.2, 0.25) is 0 Å². The number of benzene rings is 3. The van der Waals surface area contributed by atoms with E-state index in [2.05, 4.69) is 5.32 Å². The van der Waals surface area contributed by atoms with Crippen molar-refractivity contribution in [3.05, 3.63) is 106 Å². The summed E-state index contributed by atoms with van der Waals surface area (Å²) >= 11 is 5.88. The summed E-state index contributed by atoms with van der Waals surface area (Å²) in [5, 5.41) is 3.21. The molecule has 0 bridgehead atoms. The molecule has 4 heteroatoms. The second kappa shape index (κ2) is 7.28. The molecular weight excluding hydrogens is 325 g/mol. The van der Waals surface area contributed by atoms with Crippen LogP contribution in [-0.4, -0.2) is 5.91 Å². The van der Waals surface area contributed by atoms with Gasteiger partial charge >= 0.3 is 0 Å². The fourth-order valence-corrected chi connectivity index (χ4v) is 2.70. The largest absolute Gasteiger partial charge is 0.341 e. The lowest BCUT2D eigenvalue weighted by Crippen LogP contribution is -2.30. The highest BCUT2D eigenvalue weighted by atomic mass is 35.5. The number of amides is 1. The molecule has 2 nitrogen and oxygen atoms in total. The SMILES string of the molecule is O=C(NC(c1ccccc1)c1ccccc1)c1cc(Cl)ccc1F. The fourth-order valence-electron chi connectivity index (χ4n) is 2.53. The summed E-state index contributed by atoms with van der Waals surface area (Å²) in [5.41, 5.74) is 1.76. The molecule has 0 aliphatic rings. The number of hydrogen-bond acceptors (Lipinski definition) is 1. The maximum Gasteiger partial charge on any atom is 0.255 e. The first-order valence-electron chi connectivity index (χ1n) is 7.51. The van der Waals surface area contributed by atoms with E-state index in [1.54, 1.807) is 0 Å². The number of nitrogens with one attached hydrogen (secondary N) is 1. The van der Waals surface area contributed by atoms with Gasteiger partial charge in [0.05, 0.1) is 11.6 Å². The Morgan fingerprint density at radius 1 is 0.875 bits per heavy atom. The van der Waals surface area contributed by atoms with Gasteiger partial charge in [0.15, 0.2) is 0 Å². The number of halogens is 2. The van der Waals surface area contributed by atoms with Crippen LogP contribution in [0.1, 0.15) is 27.5 Å². The van der Waals surface area contributed by atoms with E-state index >= 15 is 0 Å². The average molecular weight is 340 g/mol. The lowest BCUT2D eigenvalue weighted by Gasteiger charge is -2.20. The summed E-state index contributed by atoms with van der Waals surface area (Å²) in [4.78, 5) is 12.6. The molecule has 0 spiro atoms. The van der Waals surface area contributed by atoms with Crippen molar-refractivity contribution in [3.8, 4) is 0 Å². The van der Waals surface area contributed by atoms with Gasteiger partial charge in [-0.15, -0.1) is 0 Å². The minimum Gasteiger partial charge on any atom is -0.341 e. The molecule has 0 radical (unpaired) electrons. The van der Waals surface area contributed by atoms with Crippen LogP contribution in [0.4, 0.5) is 4.39 Å². The minimum atomic E-state index is -0.600. The highest BCUT2D eigenvalue weighted by Crippen LogP contribution is 2.23. The van der Waals surface area contributed by atoms with Gasteiger partial charge in [-0.1, -0.05) is 72.3 Å². The van der Waals surface area contributed by atoms with E-state index in [1.165, 1.54) is 18.2 Å². The Bertz CT molecular complexity index is 797. The van der Waals surface area contributed by atoms with E-state index in [0.29, 0.717) is 5.02 Å². The summed E-state index contributed by atoms with van der Waals surface area (Å²) in [6, 6.07) is 22.7. The predicted octanol–water partition coefficient (Wildman–Crippen LogP) is 5.00. The van der Waals surface area contributed by atoms with Crippen LogP contribution in [-0.2, 0) is 0 Å². The molecule has 0 saturated carbocycles. The zero-order valence-corrected chi connectivity index (χ0v) is 13.5. The summed E-state index contributed by atoms with van der Waals surface area (Å²) < 4.78 is 14.0. The molecule has 3 aromatic carbocycles. The normalized spacial score (nSPS) is 10.6. The third-order valence-electron chi connectivity index (χ3n) is 3.71. The lowest BCUT2D eigenvalue weighted by atomic mass is 9.98. The molecular formula is C20H15ClFNO. The number of carbonyl (C=O) groups excluding carboxylic acids is 1. The molecule has 0 atom stereocenters. The van der Waals surface area contributed by atoms with Crippen molar-refractivity contribution in [1.82, 2.24) is 5.32 Å². The van der Waals surface area contributed by atoms with Crippen molar-refractivity contribution < 1.29 is 9.18 Å². The van der Waals surface area contributed by atoms with Gasteiger partial charge in [0.1, 0.15) is 5.82 Å². The molecule has 120 valence electrons.